The monoisotopic (exact) mass is 396 g/mol. The van der Waals surface area contributed by atoms with Gasteiger partial charge >= 0.3 is 0 Å². The van der Waals surface area contributed by atoms with E-state index in [1.54, 1.807) is 0 Å². The second-order valence-corrected chi connectivity index (χ2v) is 6.80. The van der Waals surface area contributed by atoms with Gasteiger partial charge in [0.15, 0.2) is 11.6 Å². The minimum absolute atomic E-state index is 0.0162. The van der Waals surface area contributed by atoms with E-state index in [9.17, 15) is 17.6 Å². The summed E-state index contributed by atoms with van der Waals surface area (Å²) < 4.78 is 50.9. The van der Waals surface area contributed by atoms with Gasteiger partial charge in [-0.2, -0.15) is 0 Å². The van der Waals surface area contributed by atoms with Crippen LogP contribution in [0.2, 0.25) is 0 Å². The van der Waals surface area contributed by atoms with Crippen molar-refractivity contribution in [3.05, 3.63) is 34.3 Å². The highest BCUT2D eigenvalue weighted by atomic mass is 79.9. The zero-order valence-electron chi connectivity index (χ0n) is 12.8. The summed E-state index contributed by atoms with van der Waals surface area (Å²) in [5.74, 6) is -4.11. The Labute approximate surface area is 142 Å². The molecule has 1 aromatic carbocycles. The Kier molecular flexibility index (Phi) is 6.85. The summed E-state index contributed by atoms with van der Waals surface area (Å²) in [6, 6.07) is 4.34. The maximum absolute atomic E-state index is 13.2. The molecule has 0 unspecified atom stereocenters. The molecule has 0 atom stereocenters. The highest BCUT2D eigenvalue weighted by Gasteiger charge is 2.37. The van der Waals surface area contributed by atoms with E-state index in [-0.39, 0.29) is 17.4 Å². The Morgan fingerprint density at radius 2 is 1.87 bits per heavy atom. The summed E-state index contributed by atoms with van der Waals surface area (Å²) in [6.07, 6.45) is 2.78. The largest absolute Gasteiger partial charge is 0.317 e. The van der Waals surface area contributed by atoms with Gasteiger partial charge in [0.2, 0.25) is 0 Å². The smallest absolute Gasteiger partial charge is 0.260 e. The third-order valence-corrected chi connectivity index (χ3v) is 4.76. The van der Waals surface area contributed by atoms with Crippen LogP contribution < -0.4 is 5.32 Å². The number of hydrogen-bond acceptors (Lipinski definition) is 2. The Morgan fingerprint density at radius 3 is 2.43 bits per heavy atom. The zero-order valence-corrected chi connectivity index (χ0v) is 14.4. The summed E-state index contributed by atoms with van der Waals surface area (Å²) in [4.78, 5) is 1.99. The van der Waals surface area contributed by atoms with E-state index < -0.39 is 17.6 Å². The number of hydrogen-bond donors (Lipinski definition) is 1. The van der Waals surface area contributed by atoms with Gasteiger partial charge in [-0.05, 0) is 67.0 Å². The van der Waals surface area contributed by atoms with Crippen LogP contribution in [-0.2, 0) is 0 Å². The lowest BCUT2D eigenvalue weighted by molar-refractivity contribution is -0.0776. The third kappa shape index (κ3) is 5.72. The minimum Gasteiger partial charge on any atom is -0.317 e. The first-order valence-electron chi connectivity index (χ1n) is 7.81. The average molecular weight is 397 g/mol. The SMILES string of the molecule is FC1(F)CCCN(C2CCNCC2)C1.Fc1cccc(Br)c1F. The lowest BCUT2D eigenvalue weighted by Crippen LogP contribution is -2.50. The molecule has 2 heterocycles. The number of alkyl halides is 2. The van der Waals surface area contributed by atoms with Crippen LogP contribution in [-0.4, -0.2) is 43.0 Å². The van der Waals surface area contributed by atoms with Gasteiger partial charge in [-0.15, -0.1) is 0 Å². The van der Waals surface area contributed by atoms with Crippen molar-refractivity contribution in [2.24, 2.45) is 0 Å². The first-order valence-corrected chi connectivity index (χ1v) is 8.60. The number of benzene rings is 1. The van der Waals surface area contributed by atoms with Crippen molar-refractivity contribution in [3.8, 4) is 0 Å². The number of nitrogens with zero attached hydrogens (tertiary/aromatic N) is 1. The van der Waals surface area contributed by atoms with Crippen molar-refractivity contribution >= 4 is 15.9 Å². The van der Waals surface area contributed by atoms with Crippen LogP contribution in [0, 0.1) is 11.6 Å². The van der Waals surface area contributed by atoms with E-state index in [1.165, 1.54) is 12.1 Å². The van der Waals surface area contributed by atoms with E-state index >= 15 is 0 Å². The summed E-state index contributed by atoms with van der Waals surface area (Å²) in [5.41, 5.74) is 0. The molecule has 1 aromatic rings. The lowest BCUT2D eigenvalue weighted by Gasteiger charge is -2.39. The molecule has 2 fully saturated rings. The normalized spacial score (nSPS) is 22.3. The summed E-state index contributed by atoms with van der Waals surface area (Å²) in [6.45, 7) is 2.80. The molecule has 0 aromatic heterocycles. The fraction of sp³-hybridized carbons (Fsp3) is 0.625. The number of nitrogens with one attached hydrogen (secondary N) is 1. The van der Waals surface area contributed by atoms with Gasteiger partial charge in [-0.3, -0.25) is 4.90 Å². The maximum atomic E-state index is 13.2. The fourth-order valence-corrected chi connectivity index (χ4v) is 3.30. The van der Waals surface area contributed by atoms with Crippen LogP contribution in [0.1, 0.15) is 25.7 Å². The van der Waals surface area contributed by atoms with E-state index in [2.05, 4.69) is 21.2 Å². The Hall–Kier alpha value is -0.660. The van der Waals surface area contributed by atoms with Gasteiger partial charge in [-0.25, -0.2) is 17.6 Å². The van der Waals surface area contributed by atoms with Crippen molar-refractivity contribution in [1.29, 1.82) is 0 Å². The number of piperidine rings is 2. The predicted octanol–water partition coefficient (Wildman–Crippen LogP) is 4.20. The highest BCUT2D eigenvalue weighted by Crippen LogP contribution is 2.29. The minimum atomic E-state index is -2.44. The maximum Gasteiger partial charge on any atom is 0.260 e. The van der Waals surface area contributed by atoms with E-state index in [4.69, 9.17) is 0 Å². The van der Waals surface area contributed by atoms with Gasteiger partial charge in [0, 0.05) is 12.5 Å². The lowest BCUT2D eigenvalue weighted by atomic mass is 9.99. The molecular weight excluding hydrogens is 376 g/mol. The highest BCUT2D eigenvalue weighted by molar-refractivity contribution is 9.10. The van der Waals surface area contributed by atoms with Crippen molar-refractivity contribution in [1.82, 2.24) is 10.2 Å². The van der Waals surface area contributed by atoms with E-state index in [0.29, 0.717) is 12.5 Å². The fourth-order valence-electron chi connectivity index (χ4n) is 2.96. The van der Waals surface area contributed by atoms with Gasteiger partial charge < -0.3 is 5.32 Å². The second-order valence-electron chi connectivity index (χ2n) is 5.95. The molecule has 0 spiro atoms. The van der Waals surface area contributed by atoms with Gasteiger partial charge in [-0.1, -0.05) is 6.07 Å². The van der Waals surface area contributed by atoms with Crippen molar-refractivity contribution in [2.75, 3.05) is 26.2 Å². The molecule has 0 bridgehead atoms. The van der Waals surface area contributed by atoms with Gasteiger partial charge in [0.25, 0.3) is 5.92 Å². The molecule has 3 rings (SSSR count). The Morgan fingerprint density at radius 1 is 1.17 bits per heavy atom. The first kappa shape index (κ1) is 18.7. The number of likely N-dealkylation sites (tertiary alicyclic amines) is 1. The summed E-state index contributed by atoms with van der Waals surface area (Å²) in [5, 5.41) is 3.26. The summed E-state index contributed by atoms with van der Waals surface area (Å²) in [7, 11) is 0. The van der Waals surface area contributed by atoms with Crippen LogP contribution in [0.4, 0.5) is 17.6 Å². The molecule has 0 radical (unpaired) electrons. The van der Waals surface area contributed by atoms with Crippen molar-refractivity contribution in [3.63, 3.8) is 0 Å². The van der Waals surface area contributed by atoms with E-state index in [0.717, 1.165) is 38.5 Å². The van der Waals surface area contributed by atoms with Gasteiger partial charge in [0.05, 0.1) is 11.0 Å². The van der Waals surface area contributed by atoms with Crippen molar-refractivity contribution < 1.29 is 17.6 Å². The quantitative estimate of drug-likeness (QED) is 0.565. The average Bonchev–Trinajstić information content (AvgIpc) is 2.53. The standard InChI is InChI=1S/C10H18F2N2.C6H3BrF2/c11-10(12)4-1-7-14(8-10)9-2-5-13-6-3-9;7-4-2-1-3-5(8)6(4)9/h9,13H,1-8H2;1-3H. The molecule has 2 nitrogen and oxygen atoms in total. The number of rotatable bonds is 1. The number of halogens is 5. The van der Waals surface area contributed by atoms with Crippen molar-refractivity contribution in [2.45, 2.75) is 37.6 Å². The molecule has 7 heteroatoms. The second kappa shape index (κ2) is 8.44. The molecular formula is C16H21BrF4N2. The summed E-state index contributed by atoms with van der Waals surface area (Å²) >= 11 is 2.83. The van der Waals surface area contributed by atoms with Crippen LogP contribution in [0.25, 0.3) is 0 Å². The molecule has 0 amide bonds. The zero-order chi connectivity index (χ0) is 16.9. The molecule has 2 saturated heterocycles. The Bertz CT molecular complexity index is 487. The molecule has 0 saturated carbocycles. The molecule has 0 aliphatic carbocycles. The topological polar surface area (TPSA) is 15.3 Å². The third-order valence-electron chi connectivity index (χ3n) is 4.15. The molecule has 2 aliphatic rings. The van der Waals surface area contributed by atoms with E-state index in [1.807, 2.05) is 4.90 Å². The molecule has 2 aliphatic heterocycles. The predicted molar refractivity (Wildman–Crippen MR) is 85.7 cm³/mol. The molecule has 1 N–H and O–H groups in total. The Balaban J connectivity index is 0.000000185. The van der Waals surface area contributed by atoms with Crippen LogP contribution in [0.3, 0.4) is 0 Å². The molecule has 23 heavy (non-hydrogen) atoms. The molecule has 130 valence electrons. The van der Waals surface area contributed by atoms with Gasteiger partial charge in [0.1, 0.15) is 0 Å². The van der Waals surface area contributed by atoms with Crippen LogP contribution >= 0.6 is 15.9 Å². The van der Waals surface area contributed by atoms with Crippen LogP contribution in [0.5, 0.6) is 0 Å². The first-order chi connectivity index (χ1) is 10.9. The van der Waals surface area contributed by atoms with Crippen LogP contribution in [0.15, 0.2) is 22.7 Å².